The van der Waals surface area contributed by atoms with E-state index in [1.165, 1.54) is 36.5 Å². The molecule has 1 heterocycles. The number of rotatable bonds is 10. The summed E-state index contributed by atoms with van der Waals surface area (Å²) in [6.07, 6.45) is 1.44. The molecule has 0 radical (unpaired) electrons. The van der Waals surface area contributed by atoms with Gasteiger partial charge in [-0.15, -0.1) is 10.2 Å². The third-order valence-corrected chi connectivity index (χ3v) is 4.85. The second-order valence-corrected chi connectivity index (χ2v) is 7.46. The van der Waals surface area contributed by atoms with Crippen LogP contribution in [0.5, 0.6) is 11.5 Å². The van der Waals surface area contributed by atoms with Crippen molar-refractivity contribution in [2.24, 2.45) is 5.10 Å². The first-order chi connectivity index (χ1) is 17.5. The molecule has 4 rings (SSSR count). The fourth-order valence-corrected chi connectivity index (χ4v) is 3.13. The lowest BCUT2D eigenvalue weighted by Gasteiger charge is -2.13. The van der Waals surface area contributed by atoms with Crippen molar-refractivity contribution in [3.8, 4) is 22.9 Å². The number of nitrogens with zero attached hydrogens (tertiary/aromatic N) is 5. The van der Waals surface area contributed by atoms with Gasteiger partial charge in [-0.2, -0.15) is 9.90 Å². The molecule has 0 unspecified atom stereocenters. The summed E-state index contributed by atoms with van der Waals surface area (Å²) in [6, 6.07) is 17.1. The highest BCUT2D eigenvalue weighted by Gasteiger charge is 2.10. The van der Waals surface area contributed by atoms with Gasteiger partial charge in [0, 0.05) is 11.1 Å². The molecule has 0 saturated heterocycles. The maximum absolute atomic E-state index is 13.9. The summed E-state index contributed by atoms with van der Waals surface area (Å²) in [7, 11) is 0. The zero-order valence-electron chi connectivity index (χ0n) is 19.3. The number of carbonyl (C=O) groups excluding carboxylic acids is 1. The zero-order valence-corrected chi connectivity index (χ0v) is 19.3. The second kappa shape index (κ2) is 11.6. The van der Waals surface area contributed by atoms with Crippen LogP contribution in [0.1, 0.15) is 18.1 Å². The van der Waals surface area contributed by atoms with Gasteiger partial charge in [0.25, 0.3) is 5.91 Å². The molecule has 3 aromatic carbocycles. The van der Waals surface area contributed by atoms with Crippen molar-refractivity contribution in [2.45, 2.75) is 20.1 Å². The quantitative estimate of drug-likeness (QED) is 0.267. The van der Waals surface area contributed by atoms with Gasteiger partial charge >= 0.3 is 0 Å². The van der Waals surface area contributed by atoms with Gasteiger partial charge in [0.2, 0.25) is 5.82 Å². The number of tetrazole rings is 1. The summed E-state index contributed by atoms with van der Waals surface area (Å²) in [4.78, 5) is 13.3. The zero-order chi connectivity index (χ0) is 25.3. The van der Waals surface area contributed by atoms with Crippen molar-refractivity contribution in [3.05, 3.63) is 89.5 Å². The Labute approximate surface area is 205 Å². The Morgan fingerprint density at radius 1 is 1.06 bits per heavy atom. The van der Waals surface area contributed by atoms with E-state index in [-0.39, 0.29) is 30.6 Å². The Bertz CT molecular complexity index is 1360. The summed E-state index contributed by atoms with van der Waals surface area (Å²) >= 11 is 0. The number of benzene rings is 3. The molecule has 1 N–H and O–H groups in total. The van der Waals surface area contributed by atoms with E-state index in [4.69, 9.17) is 9.47 Å². The fourth-order valence-electron chi connectivity index (χ4n) is 3.13. The first-order valence-electron chi connectivity index (χ1n) is 11.0. The molecule has 184 valence electrons. The lowest BCUT2D eigenvalue weighted by Crippen LogP contribution is -2.24. The molecule has 0 atom stereocenters. The SMILES string of the molecule is CCOc1cc(/C=N\NC(=O)Cn2nnc(-c3ccc(F)cc3)n2)ccc1OCc1ccccc1F. The number of hydrazone groups is 1. The van der Waals surface area contributed by atoms with Gasteiger partial charge in [0.15, 0.2) is 11.5 Å². The first-order valence-corrected chi connectivity index (χ1v) is 11.0. The van der Waals surface area contributed by atoms with Gasteiger partial charge in [-0.05, 0) is 66.2 Å². The predicted octanol–water partition coefficient (Wildman–Crippen LogP) is 3.75. The van der Waals surface area contributed by atoms with Crippen LogP contribution in [0.15, 0.2) is 71.8 Å². The van der Waals surface area contributed by atoms with E-state index in [0.29, 0.717) is 34.8 Å². The highest BCUT2D eigenvalue weighted by atomic mass is 19.1. The third-order valence-electron chi connectivity index (χ3n) is 4.85. The van der Waals surface area contributed by atoms with Crippen molar-refractivity contribution < 1.29 is 23.0 Å². The van der Waals surface area contributed by atoms with E-state index in [2.05, 4.69) is 25.9 Å². The molecule has 0 aliphatic rings. The number of hydrogen-bond donors (Lipinski definition) is 1. The molecule has 36 heavy (non-hydrogen) atoms. The van der Waals surface area contributed by atoms with E-state index >= 15 is 0 Å². The van der Waals surface area contributed by atoms with Crippen LogP contribution in [0, 0.1) is 11.6 Å². The summed E-state index contributed by atoms with van der Waals surface area (Å²) in [5.74, 6) is 0.000212. The highest BCUT2D eigenvalue weighted by Crippen LogP contribution is 2.29. The van der Waals surface area contributed by atoms with Crippen molar-refractivity contribution in [3.63, 3.8) is 0 Å². The molecule has 0 aliphatic heterocycles. The highest BCUT2D eigenvalue weighted by molar-refractivity contribution is 5.83. The minimum Gasteiger partial charge on any atom is -0.490 e. The summed E-state index contributed by atoms with van der Waals surface area (Å²) in [5.41, 5.74) is 4.05. The number of nitrogens with one attached hydrogen (secondary N) is 1. The van der Waals surface area contributed by atoms with Crippen LogP contribution < -0.4 is 14.9 Å². The van der Waals surface area contributed by atoms with Gasteiger partial charge in [-0.3, -0.25) is 4.79 Å². The lowest BCUT2D eigenvalue weighted by atomic mass is 10.2. The molecule has 1 amide bonds. The summed E-state index contributed by atoms with van der Waals surface area (Å²) in [5, 5.41) is 15.7. The molecule has 9 nitrogen and oxygen atoms in total. The number of amides is 1. The second-order valence-electron chi connectivity index (χ2n) is 7.46. The van der Waals surface area contributed by atoms with Gasteiger partial charge in [-0.1, -0.05) is 18.2 Å². The van der Waals surface area contributed by atoms with Crippen LogP contribution in [0.4, 0.5) is 8.78 Å². The Balaban J connectivity index is 1.34. The molecular formula is C25H22F2N6O3. The number of ether oxygens (including phenoxy) is 2. The average Bonchev–Trinajstić information content (AvgIpc) is 3.33. The van der Waals surface area contributed by atoms with Gasteiger partial charge < -0.3 is 9.47 Å². The Morgan fingerprint density at radius 3 is 2.64 bits per heavy atom. The van der Waals surface area contributed by atoms with E-state index in [0.717, 1.165) is 4.80 Å². The minimum absolute atomic E-state index is 0.0510. The smallest absolute Gasteiger partial charge is 0.263 e. The van der Waals surface area contributed by atoms with Gasteiger partial charge in [0.05, 0.1) is 12.8 Å². The van der Waals surface area contributed by atoms with Crippen LogP contribution in [0.25, 0.3) is 11.4 Å². The molecule has 0 fully saturated rings. The summed E-state index contributed by atoms with van der Waals surface area (Å²) in [6.45, 7) is 2.08. The van der Waals surface area contributed by atoms with E-state index in [1.54, 1.807) is 36.4 Å². The first kappa shape index (κ1) is 24.5. The van der Waals surface area contributed by atoms with Crippen LogP contribution in [-0.2, 0) is 17.9 Å². The van der Waals surface area contributed by atoms with E-state index in [9.17, 15) is 13.6 Å². The average molecular weight is 492 g/mol. The van der Waals surface area contributed by atoms with Crippen LogP contribution in [0.2, 0.25) is 0 Å². The third kappa shape index (κ3) is 6.47. The van der Waals surface area contributed by atoms with Crippen LogP contribution in [0.3, 0.4) is 0 Å². The number of hydrogen-bond acceptors (Lipinski definition) is 7. The maximum Gasteiger partial charge on any atom is 0.263 e. The number of aromatic nitrogens is 4. The fraction of sp³-hybridized carbons (Fsp3) is 0.160. The number of carbonyl (C=O) groups is 1. The molecule has 11 heteroatoms. The topological polar surface area (TPSA) is 104 Å². The Hall–Kier alpha value is -4.67. The Morgan fingerprint density at radius 2 is 1.86 bits per heavy atom. The molecule has 0 saturated carbocycles. The summed E-state index contributed by atoms with van der Waals surface area (Å²) < 4.78 is 38.3. The molecular weight excluding hydrogens is 470 g/mol. The normalized spacial score (nSPS) is 11.0. The largest absolute Gasteiger partial charge is 0.490 e. The Kier molecular flexibility index (Phi) is 7.91. The van der Waals surface area contributed by atoms with Crippen molar-refractivity contribution in [1.82, 2.24) is 25.6 Å². The van der Waals surface area contributed by atoms with Gasteiger partial charge in [0.1, 0.15) is 24.8 Å². The van der Waals surface area contributed by atoms with Crippen molar-refractivity contribution in [2.75, 3.05) is 6.61 Å². The minimum atomic E-state index is -0.468. The van der Waals surface area contributed by atoms with Crippen LogP contribution >= 0.6 is 0 Å². The van der Waals surface area contributed by atoms with E-state index < -0.39 is 5.91 Å². The predicted molar refractivity (Wildman–Crippen MR) is 127 cm³/mol. The maximum atomic E-state index is 13.9. The molecule has 0 bridgehead atoms. The molecule has 0 aliphatic carbocycles. The number of halogens is 2. The monoisotopic (exact) mass is 492 g/mol. The van der Waals surface area contributed by atoms with Crippen LogP contribution in [-0.4, -0.2) is 38.9 Å². The standard InChI is InChI=1S/C25H22F2N6O3/c1-2-35-23-13-17(7-12-22(23)36-16-19-5-3-4-6-21(19)27)14-28-29-24(34)15-33-31-25(30-32-33)18-8-10-20(26)11-9-18/h3-14H,2,15-16H2,1H3,(H,29,34)/b28-14-. The molecule has 0 spiro atoms. The van der Waals surface area contributed by atoms with E-state index in [1.807, 2.05) is 6.92 Å². The lowest BCUT2D eigenvalue weighted by molar-refractivity contribution is -0.122. The van der Waals surface area contributed by atoms with Crippen molar-refractivity contribution in [1.29, 1.82) is 0 Å². The molecule has 4 aromatic rings. The van der Waals surface area contributed by atoms with Crippen molar-refractivity contribution >= 4 is 12.1 Å². The molecule has 1 aromatic heterocycles. The van der Waals surface area contributed by atoms with Gasteiger partial charge in [-0.25, -0.2) is 14.2 Å².